The van der Waals surface area contributed by atoms with Crippen molar-refractivity contribution in [1.29, 1.82) is 0 Å². The van der Waals surface area contributed by atoms with E-state index in [2.05, 4.69) is 36.5 Å². The van der Waals surface area contributed by atoms with Crippen LogP contribution in [0, 0.1) is 6.92 Å². The Morgan fingerprint density at radius 3 is 2.40 bits per heavy atom. The molecule has 1 saturated carbocycles. The van der Waals surface area contributed by atoms with Gasteiger partial charge in [-0.3, -0.25) is 4.79 Å². The topological polar surface area (TPSA) is 55.1 Å². The van der Waals surface area contributed by atoms with Crippen LogP contribution in [0.2, 0.25) is 0 Å². The van der Waals surface area contributed by atoms with Gasteiger partial charge in [0.05, 0.1) is 0 Å². The van der Waals surface area contributed by atoms with Crippen LogP contribution in [0.4, 0.5) is 0 Å². The summed E-state index contributed by atoms with van der Waals surface area (Å²) in [5, 5.41) is 3.17. The lowest BCUT2D eigenvalue weighted by molar-refractivity contribution is 0.0943. The van der Waals surface area contributed by atoms with Gasteiger partial charge in [-0.25, -0.2) is 0 Å². The van der Waals surface area contributed by atoms with Gasteiger partial charge in [0.1, 0.15) is 0 Å². The molecule has 3 N–H and O–H groups in total. The van der Waals surface area contributed by atoms with Gasteiger partial charge in [0.15, 0.2) is 0 Å². The molecular formula is C21H27ClN2O. The summed E-state index contributed by atoms with van der Waals surface area (Å²) >= 11 is 0. The van der Waals surface area contributed by atoms with Crippen LogP contribution in [0.1, 0.15) is 52.7 Å². The van der Waals surface area contributed by atoms with E-state index in [1.165, 1.54) is 24.0 Å². The number of benzene rings is 2. The zero-order chi connectivity index (χ0) is 17.0. The van der Waals surface area contributed by atoms with E-state index >= 15 is 0 Å². The standard InChI is InChI=1S/C21H26N2O.ClH/c1-16-5-4-6-19(13-16)21(11-2-3-12-21)15-23-20(24)18-9-7-17(14-22)8-10-18;/h4-10,13H,2-3,11-12,14-15,22H2,1H3,(H,23,24);1H. The number of nitrogens with one attached hydrogen (secondary N) is 1. The zero-order valence-electron chi connectivity index (χ0n) is 14.8. The molecule has 0 radical (unpaired) electrons. The quantitative estimate of drug-likeness (QED) is 0.844. The van der Waals surface area contributed by atoms with E-state index in [1.54, 1.807) is 0 Å². The van der Waals surface area contributed by atoms with Gasteiger partial charge in [-0.05, 0) is 43.0 Å². The molecule has 0 heterocycles. The highest BCUT2D eigenvalue weighted by atomic mass is 35.5. The van der Waals surface area contributed by atoms with E-state index in [-0.39, 0.29) is 23.7 Å². The molecule has 0 aliphatic heterocycles. The van der Waals surface area contributed by atoms with E-state index in [1.807, 2.05) is 24.3 Å². The van der Waals surface area contributed by atoms with Crippen LogP contribution in [-0.4, -0.2) is 12.5 Å². The van der Waals surface area contributed by atoms with Crippen LogP contribution in [0.5, 0.6) is 0 Å². The van der Waals surface area contributed by atoms with E-state index in [9.17, 15) is 4.79 Å². The van der Waals surface area contributed by atoms with Crippen molar-refractivity contribution in [3.05, 3.63) is 70.8 Å². The number of carbonyl (C=O) groups excluding carboxylic acids is 1. The highest BCUT2D eigenvalue weighted by Gasteiger charge is 2.35. The highest BCUT2D eigenvalue weighted by molar-refractivity contribution is 5.94. The first kappa shape index (κ1) is 19.5. The third-order valence-electron chi connectivity index (χ3n) is 5.23. The SMILES string of the molecule is Cc1cccc(C2(CNC(=O)c3ccc(CN)cc3)CCCC2)c1.Cl. The van der Waals surface area contributed by atoms with Gasteiger partial charge in [-0.2, -0.15) is 0 Å². The summed E-state index contributed by atoms with van der Waals surface area (Å²) in [5.74, 6) is -0.00232. The largest absolute Gasteiger partial charge is 0.351 e. The van der Waals surface area contributed by atoms with Gasteiger partial charge in [-0.15, -0.1) is 12.4 Å². The molecular weight excluding hydrogens is 332 g/mol. The van der Waals surface area contributed by atoms with Crippen molar-refractivity contribution in [2.24, 2.45) is 5.73 Å². The van der Waals surface area contributed by atoms with Crippen LogP contribution in [-0.2, 0) is 12.0 Å². The Bertz CT molecular complexity index is 706. The summed E-state index contributed by atoms with van der Waals surface area (Å²) in [6, 6.07) is 16.3. The third kappa shape index (κ3) is 4.42. The fourth-order valence-electron chi connectivity index (χ4n) is 3.74. The predicted molar refractivity (Wildman–Crippen MR) is 105 cm³/mol. The number of rotatable bonds is 5. The van der Waals surface area contributed by atoms with Crippen LogP contribution in [0.15, 0.2) is 48.5 Å². The van der Waals surface area contributed by atoms with Crippen molar-refractivity contribution in [1.82, 2.24) is 5.32 Å². The van der Waals surface area contributed by atoms with Crippen LogP contribution in [0.25, 0.3) is 0 Å². The summed E-state index contributed by atoms with van der Waals surface area (Å²) in [6.45, 7) is 3.33. The summed E-state index contributed by atoms with van der Waals surface area (Å²) < 4.78 is 0. The van der Waals surface area contributed by atoms with Crippen LogP contribution >= 0.6 is 12.4 Å². The molecule has 1 aliphatic carbocycles. The molecule has 1 amide bonds. The van der Waals surface area contributed by atoms with Gasteiger partial charge in [0.25, 0.3) is 5.91 Å². The highest BCUT2D eigenvalue weighted by Crippen LogP contribution is 2.40. The first-order valence-corrected chi connectivity index (χ1v) is 8.77. The second kappa shape index (κ2) is 8.50. The van der Waals surface area contributed by atoms with Crippen molar-refractivity contribution < 1.29 is 4.79 Å². The number of nitrogens with two attached hydrogens (primary N) is 1. The summed E-state index contributed by atoms with van der Waals surface area (Å²) in [5.41, 5.74) is 10.1. The molecule has 3 nitrogen and oxygen atoms in total. The molecule has 0 aromatic heterocycles. The second-order valence-electron chi connectivity index (χ2n) is 6.94. The Morgan fingerprint density at radius 2 is 1.80 bits per heavy atom. The minimum absolute atomic E-state index is 0. The number of aryl methyl sites for hydroxylation is 1. The Balaban J connectivity index is 0.00000225. The number of carbonyl (C=O) groups is 1. The predicted octanol–water partition coefficient (Wildman–Crippen LogP) is 4.12. The second-order valence-corrected chi connectivity index (χ2v) is 6.94. The monoisotopic (exact) mass is 358 g/mol. The minimum atomic E-state index is -0.00232. The van der Waals surface area contributed by atoms with E-state index in [0.717, 1.165) is 18.4 Å². The summed E-state index contributed by atoms with van der Waals surface area (Å²) in [4.78, 5) is 12.5. The normalized spacial score (nSPS) is 15.4. The average Bonchev–Trinajstić information content (AvgIpc) is 3.10. The number of hydrogen-bond donors (Lipinski definition) is 2. The molecule has 1 fully saturated rings. The molecule has 0 unspecified atom stereocenters. The first-order valence-electron chi connectivity index (χ1n) is 8.77. The number of hydrogen-bond acceptors (Lipinski definition) is 2. The van der Waals surface area contributed by atoms with E-state index < -0.39 is 0 Å². The Morgan fingerprint density at radius 1 is 1.12 bits per heavy atom. The summed E-state index contributed by atoms with van der Waals surface area (Å²) in [7, 11) is 0. The van der Waals surface area contributed by atoms with Crippen molar-refractivity contribution in [2.45, 2.75) is 44.6 Å². The first-order chi connectivity index (χ1) is 11.6. The molecule has 0 bridgehead atoms. The fraction of sp³-hybridized carbons (Fsp3) is 0.381. The Hall–Kier alpha value is -1.84. The van der Waals surface area contributed by atoms with Crippen molar-refractivity contribution in [3.8, 4) is 0 Å². The maximum atomic E-state index is 12.5. The number of amides is 1. The third-order valence-corrected chi connectivity index (χ3v) is 5.23. The average molecular weight is 359 g/mol. The maximum Gasteiger partial charge on any atom is 0.251 e. The molecule has 2 aromatic rings. The Kier molecular flexibility index (Phi) is 6.63. The van der Waals surface area contributed by atoms with E-state index in [0.29, 0.717) is 18.7 Å². The van der Waals surface area contributed by atoms with Gasteiger partial charge >= 0.3 is 0 Å². The molecule has 2 aromatic carbocycles. The molecule has 0 saturated heterocycles. The lowest BCUT2D eigenvalue weighted by Crippen LogP contribution is -2.39. The molecule has 134 valence electrons. The van der Waals surface area contributed by atoms with Gasteiger partial charge in [0.2, 0.25) is 0 Å². The Labute approximate surface area is 156 Å². The molecule has 0 atom stereocenters. The van der Waals surface area contributed by atoms with Crippen molar-refractivity contribution in [2.75, 3.05) is 6.54 Å². The summed E-state index contributed by atoms with van der Waals surface area (Å²) in [6.07, 6.45) is 4.75. The number of halogens is 1. The molecule has 25 heavy (non-hydrogen) atoms. The lowest BCUT2D eigenvalue weighted by Gasteiger charge is -2.30. The van der Waals surface area contributed by atoms with Gasteiger partial charge in [-0.1, -0.05) is 54.8 Å². The molecule has 3 rings (SSSR count). The van der Waals surface area contributed by atoms with Crippen molar-refractivity contribution >= 4 is 18.3 Å². The zero-order valence-corrected chi connectivity index (χ0v) is 15.6. The van der Waals surface area contributed by atoms with Gasteiger partial charge < -0.3 is 11.1 Å². The van der Waals surface area contributed by atoms with E-state index in [4.69, 9.17) is 5.73 Å². The van der Waals surface area contributed by atoms with Crippen LogP contribution in [0.3, 0.4) is 0 Å². The molecule has 1 aliphatic rings. The van der Waals surface area contributed by atoms with Crippen LogP contribution < -0.4 is 11.1 Å². The molecule has 0 spiro atoms. The molecule has 4 heteroatoms. The minimum Gasteiger partial charge on any atom is -0.351 e. The fourth-order valence-corrected chi connectivity index (χ4v) is 3.74. The smallest absolute Gasteiger partial charge is 0.251 e. The maximum absolute atomic E-state index is 12.5. The lowest BCUT2D eigenvalue weighted by atomic mass is 9.78. The van der Waals surface area contributed by atoms with Gasteiger partial charge in [0, 0.05) is 24.1 Å². The van der Waals surface area contributed by atoms with Crippen molar-refractivity contribution in [3.63, 3.8) is 0 Å².